The van der Waals surface area contributed by atoms with E-state index in [9.17, 15) is 4.79 Å². The van der Waals surface area contributed by atoms with E-state index in [-0.39, 0.29) is 12.5 Å². The van der Waals surface area contributed by atoms with Crippen molar-refractivity contribution in [3.63, 3.8) is 0 Å². The Morgan fingerprint density at radius 1 is 1.11 bits per heavy atom. The molecule has 0 fully saturated rings. The lowest BCUT2D eigenvalue weighted by molar-refractivity contribution is -0.121. The number of carbonyl (C=O) groups excluding carboxylic acids is 1. The maximum absolute atomic E-state index is 12.5. The second-order valence-electron chi connectivity index (χ2n) is 6.07. The molecule has 0 spiro atoms. The molecule has 1 N–H and O–H groups in total. The van der Waals surface area contributed by atoms with Crippen molar-refractivity contribution >= 4 is 34.8 Å². The van der Waals surface area contributed by atoms with Gasteiger partial charge in [0.05, 0.1) is 17.2 Å². The average molecular weight is 390 g/mol. The van der Waals surface area contributed by atoms with E-state index in [1.165, 1.54) is 0 Å². The molecule has 138 valence electrons. The van der Waals surface area contributed by atoms with Crippen molar-refractivity contribution in [2.75, 3.05) is 0 Å². The van der Waals surface area contributed by atoms with Gasteiger partial charge in [0.2, 0.25) is 0 Å². The number of para-hydroxylation sites is 2. The van der Waals surface area contributed by atoms with Gasteiger partial charge in [-0.05, 0) is 42.0 Å². The van der Waals surface area contributed by atoms with Crippen molar-refractivity contribution in [3.05, 3.63) is 83.5 Å². The molecule has 2 heterocycles. The van der Waals surface area contributed by atoms with E-state index in [2.05, 4.69) is 20.5 Å². The number of amides is 1. The molecule has 7 heteroatoms. The molecular formula is C21H16ClN5O. The predicted molar refractivity (Wildman–Crippen MR) is 110 cm³/mol. The van der Waals surface area contributed by atoms with Crippen molar-refractivity contribution in [1.82, 2.24) is 20.0 Å². The van der Waals surface area contributed by atoms with Crippen LogP contribution in [0.2, 0.25) is 5.02 Å². The molecule has 4 aromatic rings. The van der Waals surface area contributed by atoms with Crippen LogP contribution in [-0.2, 0) is 11.3 Å². The first kappa shape index (κ1) is 17.9. The number of benzene rings is 2. The van der Waals surface area contributed by atoms with Crippen LogP contribution in [0, 0.1) is 0 Å². The van der Waals surface area contributed by atoms with Crippen LogP contribution >= 0.6 is 11.6 Å². The van der Waals surface area contributed by atoms with E-state index >= 15 is 0 Å². The van der Waals surface area contributed by atoms with Crippen LogP contribution in [0.3, 0.4) is 0 Å². The maximum atomic E-state index is 12.5. The summed E-state index contributed by atoms with van der Waals surface area (Å²) in [6.45, 7) is 0.0688. The highest BCUT2D eigenvalue weighted by Gasteiger charge is 2.15. The van der Waals surface area contributed by atoms with Gasteiger partial charge in [-0.1, -0.05) is 41.9 Å². The van der Waals surface area contributed by atoms with Crippen LogP contribution in [0.25, 0.3) is 22.6 Å². The Bertz CT molecular complexity index is 1150. The average Bonchev–Trinajstić information content (AvgIpc) is 3.07. The lowest BCUT2D eigenvalue weighted by Crippen LogP contribution is -2.23. The number of fused-ring (bicyclic) bond motifs is 1. The second kappa shape index (κ2) is 8.02. The summed E-state index contributed by atoms with van der Waals surface area (Å²) in [7, 11) is 0. The Balaban J connectivity index is 1.57. The number of nitrogens with zero attached hydrogens (tertiary/aromatic N) is 4. The quantitative estimate of drug-likeness (QED) is 0.415. The van der Waals surface area contributed by atoms with Crippen LogP contribution in [0.5, 0.6) is 0 Å². The van der Waals surface area contributed by atoms with E-state index in [1.54, 1.807) is 24.5 Å². The number of hydrogen-bond acceptors (Lipinski definition) is 4. The van der Waals surface area contributed by atoms with Crippen LogP contribution in [0.15, 0.2) is 78.0 Å². The van der Waals surface area contributed by atoms with Crippen LogP contribution < -0.4 is 5.43 Å². The molecule has 0 aliphatic rings. The zero-order chi connectivity index (χ0) is 19.3. The van der Waals surface area contributed by atoms with Crippen molar-refractivity contribution < 1.29 is 4.79 Å². The third-order valence-electron chi connectivity index (χ3n) is 4.10. The third-order valence-corrected chi connectivity index (χ3v) is 4.34. The lowest BCUT2D eigenvalue weighted by Gasteiger charge is -2.07. The molecule has 0 bridgehead atoms. The predicted octanol–water partition coefficient (Wildman–Crippen LogP) is 3.90. The first-order chi connectivity index (χ1) is 13.7. The van der Waals surface area contributed by atoms with Gasteiger partial charge in [-0.2, -0.15) is 5.10 Å². The summed E-state index contributed by atoms with van der Waals surface area (Å²) in [6.07, 6.45) is 3.25. The number of pyridine rings is 1. The fourth-order valence-corrected chi connectivity index (χ4v) is 3.07. The smallest absolute Gasteiger partial charge is 0.260 e. The van der Waals surface area contributed by atoms with Gasteiger partial charge in [-0.3, -0.25) is 9.78 Å². The van der Waals surface area contributed by atoms with Gasteiger partial charge in [0, 0.05) is 11.2 Å². The van der Waals surface area contributed by atoms with Gasteiger partial charge in [0.25, 0.3) is 5.91 Å². The number of aromatic nitrogens is 3. The summed E-state index contributed by atoms with van der Waals surface area (Å²) in [4.78, 5) is 21.5. The molecule has 4 rings (SSSR count). The standard InChI is InChI=1S/C21H16ClN5O/c22-16-7-5-6-15(12-16)13-24-26-20(28)14-27-19-10-2-1-8-17(19)25-21(27)18-9-3-4-11-23-18/h1-13H,14H2,(H,26,28)/b24-13+. The van der Waals surface area contributed by atoms with E-state index < -0.39 is 0 Å². The largest absolute Gasteiger partial charge is 0.313 e. The van der Waals surface area contributed by atoms with E-state index in [0.29, 0.717) is 16.5 Å². The van der Waals surface area contributed by atoms with E-state index in [0.717, 1.165) is 16.6 Å². The van der Waals surface area contributed by atoms with Gasteiger partial charge in [-0.25, -0.2) is 10.4 Å². The zero-order valence-corrected chi connectivity index (χ0v) is 15.5. The molecule has 0 aliphatic carbocycles. The molecule has 28 heavy (non-hydrogen) atoms. The number of nitrogens with one attached hydrogen (secondary N) is 1. The van der Waals surface area contributed by atoms with Gasteiger partial charge in [-0.15, -0.1) is 0 Å². The van der Waals surface area contributed by atoms with Crippen LogP contribution in [-0.4, -0.2) is 26.7 Å². The van der Waals surface area contributed by atoms with Gasteiger partial charge in [0.15, 0.2) is 5.82 Å². The van der Waals surface area contributed by atoms with Gasteiger partial charge in [0.1, 0.15) is 12.2 Å². The summed E-state index contributed by atoms with van der Waals surface area (Å²) in [5.41, 5.74) is 5.72. The fourth-order valence-electron chi connectivity index (χ4n) is 2.87. The number of imidazole rings is 1. The molecule has 2 aromatic heterocycles. The van der Waals surface area contributed by atoms with Gasteiger partial charge < -0.3 is 4.57 Å². The Kier molecular flexibility index (Phi) is 5.12. The molecular weight excluding hydrogens is 374 g/mol. The number of hydrogen-bond donors (Lipinski definition) is 1. The summed E-state index contributed by atoms with van der Waals surface area (Å²) in [5.74, 6) is 0.370. The SMILES string of the molecule is O=C(Cn1c(-c2ccccn2)nc2ccccc21)N/N=C/c1cccc(Cl)c1. The summed E-state index contributed by atoms with van der Waals surface area (Å²) in [6, 6.07) is 20.5. The highest BCUT2D eigenvalue weighted by molar-refractivity contribution is 6.30. The number of rotatable bonds is 5. The summed E-state index contributed by atoms with van der Waals surface area (Å²) in [5, 5.41) is 4.62. The lowest BCUT2D eigenvalue weighted by atomic mass is 10.2. The molecule has 2 aromatic carbocycles. The molecule has 6 nitrogen and oxygen atoms in total. The maximum Gasteiger partial charge on any atom is 0.260 e. The summed E-state index contributed by atoms with van der Waals surface area (Å²) < 4.78 is 1.84. The first-order valence-corrected chi connectivity index (χ1v) is 9.02. The first-order valence-electron chi connectivity index (χ1n) is 8.65. The van der Waals surface area contributed by atoms with Crippen molar-refractivity contribution in [1.29, 1.82) is 0 Å². The molecule has 0 saturated heterocycles. The zero-order valence-electron chi connectivity index (χ0n) is 14.8. The Hall–Kier alpha value is -3.51. The van der Waals surface area contributed by atoms with E-state index in [4.69, 9.17) is 11.6 Å². The summed E-state index contributed by atoms with van der Waals surface area (Å²) >= 11 is 5.95. The fraction of sp³-hybridized carbons (Fsp3) is 0.0476. The minimum absolute atomic E-state index is 0.0688. The highest BCUT2D eigenvalue weighted by atomic mass is 35.5. The third kappa shape index (κ3) is 3.92. The minimum atomic E-state index is -0.265. The molecule has 0 saturated carbocycles. The van der Waals surface area contributed by atoms with Crippen molar-refractivity contribution in [2.45, 2.75) is 6.54 Å². The molecule has 1 amide bonds. The molecule has 0 radical (unpaired) electrons. The number of carbonyl (C=O) groups is 1. The highest BCUT2D eigenvalue weighted by Crippen LogP contribution is 2.23. The monoisotopic (exact) mass is 389 g/mol. The number of hydrazone groups is 1. The van der Waals surface area contributed by atoms with Crippen LogP contribution in [0.4, 0.5) is 0 Å². The van der Waals surface area contributed by atoms with Crippen molar-refractivity contribution in [2.24, 2.45) is 5.10 Å². The molecule has 0 unspecified atom stereocenters. The van der Waals surface area contributed by atoms with Crippen molar-refractivity contribution in [3.8, 4) is 11.5 Å². The number of halogens is 1. The second-order valence-corrected chi connectivity index (χ2v) is 6.51. The topological polar surface area (TPSA) is 72.2 Å². The van der Waals surface area contributed by atoms with E-state index in [1.807, 2.05) is 59.2 Å². The van der Waals surface area contributed by atoms with Gasteiger partial charge >= 0.3 is 0 Å². The Morgan fingerprint density at radius 2 is 1.96 bits per heavy atom. The Labute approximate surface area is 166 Å². The normalized spacial score (nSPS) is 11.2. The minimum Gasteiger partial charge on any atom is -0.313 e. The molecule has 0 aliphatic heterocycles. The Morgan fingerprint density at radius 3 is 2.79 bits per heavy atom. The van der Waals surface area contributed by atoms with Crippen LogP contribution in [0.1, 0.15) is 5.56 Å². The molecule has 0 atom stereocenters.